The van der Waals surface area contributed by atoms with Crippen LogP contribution in [0.1, 0.15) is 21.5 Å². The van der Waals surface area contributed by atoms with Gasteiger partial charge in [-0.1, -0.05) is 24.3 Å². The molecule has 4 heteroatoms. The van der Waals surface area contributed by atoms with Crippen molar-refractivity contribution in [3.63, 3.8) is 0 Å². The van der Waals surface area contributed by atoms with Crippen molar-refractivity contribution in [2.24, 2.45) is 0 Å². The number of rotatable bonds is 1. The number of nitrogens with zero attached hydrogens (tertiary/aromatic N) is 2. The fraction of sp³-hybridized carbons (Fsp3) is 0.143. The monoisotopic (exact) mass is 239 g/mol. The van der Waals surface area contributed by atoms with Crippen LogP contribution in [0.3, 0.4) is 0 Å². The van der Waals surface area contributed by atoms with Crippen molar-refractivity contribution >= 4 is 11.7 Å². The largest absolute Gasteiger partial charge is 0.383 e. The summed E-state index contributed by atoms with van der Waals surface area (Å²) in [7, 11) is 0. The number of nitrogens with two attached hydrogens (primary N) is 1. The number of anilines is 1. The van der Waals surface area contributed by atoms with E-state index < -0.39 is 0 Å². The third-order valence-electron chi connectivity index (χ3n) is 3.20. The van der Waals surface area contributed by atoms with Gasteiger partial charge < -0.3 is 10.6 Å². The predicted molar refractivity (Wildman–Crippen MR) is 68.7 cm³/mol. The average molecular weight is 239 g/mol. The molecule has 2 aromatic rings. The van der Waals surface area contributed by atoms with Gasteiger partial charge in [-0.25, -0.2) is 4.98 Å². The van der Waals surface area contributed by atoms with Crippen LogP contribution in [0, 0.1) is 0 Å². The second-order valence-corrected chi connectivity index (χ2v) is 4.37. The molecule has 0 aliphatic carbocycles. The van der Waals surface area contributed by atoms with E-state index >= 15 is 0 Å². The lowest BCUT2D eigenvalue weighted by molar-refractivity contribution is 0.0752. The molecule has 0 fully saturated rings. The first-order valence-electron chi connectivity index (χ1n) is 5.82. The van der Waals surface area contributed by atoms with Crippen molar-refractivity contribution < 1.29 is 4.79 Å². The zero-order chi connectivity index (χ0) is 12.5. The highest BCUT2D eigenvalue weighted by Crippen LogP contribution is 2.24. The van der Waals surface area contributed by atoms with E-state index in [0.717, 1.165) is 0 Å². The highest BCUT2D eigenvalue weighted by atomic mass is 16.2. The van der Waals surface area contributed by atoms with Crippen LogP contribution < -0.4 is 5.73 Å². The van der Waals surface area contributed by atoms with E-state index in [-0.39, 0.29) is 5.91 Å². The van der Waals surface area contributed by atoms with Crippen molar-refractivity contribution in [1.29, 1.82) is 0 Å². The van der Waals surface area contributed by atoms with Gasteiger partial charge in [-0.2, -0.15) is 0 Å². The molecule has 0 bridgehead atoms. The van der Waals surface area contributed by atoms with Gasteiger partial charge in [0, 0.05) is 19.3 Å². The van der Waals surface area contributed by atoms with Gasteiger partial charge in [-0.15, -0.1) is 0 Å². The van der Waals surface area contributed by atoms with Crippen molar-refractivity contribution in [2.75, 3.05) is 5.73 Å². The lowest BCUT2D eigenvalue weighted by Gasteiger charge is -2.16. The highest BCUT2D eigenvalue weighted by molar-refractivity contribution is 5.98. The number of nitrogen functional groups attached to an aromatic ring is 1. The fourth-order valence-corrected chi connectivity index (χ4v) is 2.25. The zero-order valence-corrected chi connectivity index (χ0v) is 9.84. The number of amides is 1. The number of carbonyl (C=O) groups is 1. The second-order valence-electron chi connectivity index (χ2n) is 4.37. The normalized spacial score (nSPS) is 13.4. The van der Waals surface area contributed by atoms with Gasteiger partial charge in [-0.3, -0.25) is 4.79 Å². The van der Waals surface area contributed by atoms with Crippen LogP contribution in [0.2, 0.25) is 0 Å². The Morgan fingerprint density at radius 1 is 1.11 bits per heavy atom. The van der Waals surface area contributed by atoms with Crippen LogP contribution in [-0.2, 0) is 13.1 Å². The van der Waals surface area contributed by atoms with Crippen molar-refractivity contribution in [3.8, 4) is 0 Å². The van der Waals surface area contributed by atoms with E-state index in [1.165, 1.54) is 11.1 Å². The van der Waals surface area contributed by atoms with Gasteiger partial charge in [-0.05, 0) is 23.3 Å². The minimum absolute atomic E-state index is 0.0585. The first-order chi connectivity index (χ1) is 8.75. The number of hydrogen-bond acceptors (Lipinski definition) is 3. The molecule has 0 spiro atoms. The molecular weight excluding hydrogens is 226 g/mol. The summed E-state index contributed by atoms with van der Waals surface area (Å²) in [6, 6.07) is 11.5. The number of benzene rings is 1. The Hall–Kier alpha value is -2.36. The van der Waals surface area contributed by atoms with Crippen molar-refractivity contribution in [3.05, 3.63) is 59.3 Å². The van der Waals surface area contributed by atoms with E-state index in [0.29, 0.717) is 24.5 Å². The van der Waals surface area contributed by atoms with Crippen LogP contribution >= 0.6 is 0 Å². The number of fused-ring (bicyclic) bond motifs is 1. The molecule has 1 aliphatic heterocycles. The predicted octanol–water partition coefficient (Wildman–Crippen LogP) is 1.82. The molecule has 2 heterocycles. The van der Waals surface area contributed by atoms with Gasteiger partial charge in [0.05, 0.1) is 5.56 Å². The summed E-state index contributed by atoms with van der Waals surface area (Å²) < 4.78 is 0. The molecule has 2 N–H and O–H groups in total. The summed E-state index contributed by atoms with van der Waals surface area (Å²) in [6.07, 6.45) is 1.59. The van der Waals surface area contributed by atoms with E-state index in [9.17, 15) is 4.79 Å². The van der Waals surface area contributed by atoms with Crippen LogP contribution in [0.25, 0.3) is 0 Å². The Kier molecular flexibility index (Phi) is 2.48. The number of carbonyl (C=O) groups excluding carboxylic acids is 1. The summed E-state index contributed by atoms with van der Waals surface area (Å²) in [5.74, 6) is 0.232. The Bertz CT molecular complexity index is 584. The van der Waals surface area contributed by atoms with Gasteiger partial charge >= 0.3 is 0 Å². The van der Waals surface area contributed by atoms with Crippen LogP contribution in [0.5, 0.6) is 0 Å². The Balaban J connectivity index is 1.87. The lowest BCUT2D eigenvalue weighted by atomic mass is 10.1. The maximum Gasteiger partial charge on any atom is 0.258 e. The van der Waals surface area contributed by atoms with E-state index in [2.05, 4.69) is 17.1 Å². The van der Waals surface area contributed by atoms with E-state index in [1.54, 1.807) is 23.2 Å². The maximum atomic E-state index is 12.3. The lowest BCUT2D eigenvalue weighted by Crippen LogP contribution is -2.26. The van der Waals surface area contributed by atoms with Crippen LogP contribution in [0.15, 0.2) is 42.6 Å². The molecule has 4 nitrogen and oxygen atoms in total. The smallest absolute Gasteiger partial charge is 0.258 e. The first-order valence-corrected chi connectivity index (χ1v) is 5.82. The number of aromatic nitrogens is 1. The van der Waals surface area contributed by atoms with Gasteiger partial charge in [0.15, 0.2) is 0 Å². The van der Waals surface area contributed by atoms with E-state index in [4.69, 9.17) is 5.73 Å². The highest BCUT2D eigenvalue weighted by Gasteiger charge is 2.25. The minimum Gasteiger partial charge on any atom is -0.383 e. The van der Waals surface area contributed by atoms with Crippen LogP contribution in [0.4, 0.5) is 5.82 Å². The van der Waals surface area contributed by atoms with E-state index in [1.807, 2.05) is 12.1 Å². The summed E-state index contributed by atoms with van der Waals surface area (Å²) in [6.45, 7) is 1.28. The average Bonchev–Trinajstić information content (AvgIpc) is 2.82. The Morgan fingerprint density at radius 3 is 2.39 bits per heavy atom. The SMILES string of the molecule is Nc1ncccc1C(=O)N1Cc2ccccc2C1. The summed E-state index contributed by atoms with van der Waals surface area (Å²) in [5, 5.41) is 0. The van der Waals surface area contributed by atoms with Crippen molar-refractivity contribution in [2.45, 2.75) is 13.1 Å². The number of hydrogen-bond donors (Lipinski definition) is 1. The quantitative estimate of drug-likeness (QED) is 0.825. The molecule has 0 saturated heterocycles. The molecule has 0 radical (unpaired) electrons. The molecule has 1 aromatic heterocycles. The van der Waals surface area contributed by atoms with Gasteiger partial charge in [0.25, 0.3) is 5.91 Å². The molecule has 18 heavy (non-hydrogen) atoms. The summed E-state index contributed by atoms with van der Waals surface area (Å²) in [4.78, 5) is 18.1. The maximum absolute atomic E-state index is 12.3. The molecule has 90 valence electrons. The third kappa shape index (κ3) is 1.72. The molecule has 1 amide bonds. The minimum atomic E-state index is -0.0585. The molecule has 3 rings (SSSR count). The first kappa shape index (κ1) is 10.8. The third-order valence-corrected chi connectivity index (χ3v) is 3.20. The molecule has 0 atom stereocenters. The molecular formula is C14H13N3O. The molecule has 1 aliphatic rings. The topological polar surface area (TPSA) is 59.2 Å². The second kappa shape index (κ2) is 4.14. The number of pyridine rings is 1. The van der Waals surface area contributed by atoms with Crippen LogP contribution in [-0.4, -0.2) is 15.8 Å². The van der Waals surface area contributed by atoms with Gasteiger partial charge in [0.1, 0.15) is 5.82 Å². The zero-order valence-electron chi connectivity index (χ0n) is 9.84. The molecule has 1 aromatic carbocycles. The Morgan fingerprint density at radius 2 is 1.78 bits per heavy atom. The molecule has 0 unspecified atom stereocenters. The summed E-state index contributed by atoms with van der Waals surface area (Å²) >= 11 is 0. The van der Waals surface area contributed by atoms with Crippen molar-refractivity contribution in [1.82, 2.24) is 9.88 Å². The fourth-order valence-electron chi connectivity index (χ4n) is 2.25. The summed E-state index contributed by atoms with van der Waals surface area (Å²) in [5.41, 5.74) is 8.62. The Labute approximate surface area is 105 Å². The van der Waals surface area contributed by atoms with Gasteiger partial charge in [0.2, 0.25) is 0 Å². The standard InChI is InChI=1S/C14H13N3O/c15-13-12(6-3-7-16-13)14(18)17-8-10-4-1-2-5-11(10)9-17/h1-7H,8-9H2,(H2,15,16). The molecule has 0 saturated carbocycles.